The van der Waals surface area contributed by atoms with Gasteiger partial charge in [-0.2, -0.15) is 8.98 Å². The van der Waals surface area contributed by atoms with Crippen molar-refractivity contribution < 1.29 is 27.1 Å². The molecule has 6 nitrogen and oxygen atoms in total. The first-order valence-corrected chi connectivity index (χ1v) is 6.42. The number of hydrogen-bond acceptors (Lipinski definition) is 5. The molecule has 1 aliphatic heterocycles. The third-order valence-corrected chi connectivity index (χ3v) is 2.39. The van der Waals surface area contributed by atoms with Crippen LogP contribution in [0.4, 0.5) is 4.79 Å². The van der Waals surface area contributed by atoms with E-state index < -0.39 is 26.6 Å². The Morgan fingerprint density at radius 3 is 2.23 bits per heavy atom. The van der Waals surface area contributed by atoms with Gasteiger partial charge in [-0.05, 0) is 0 Å². The van der Waals surface area contributed by atoms with Gasteiger partial charge in [0.15, 0.2) is 5.75 Å². The summed E-state index contributed by atoms with van der Waals surface area (Å²) in [5.41, 5.74) is 0. The predicted octanol–water partition coefficient (Wildman–Crippen LogP) is -0.221. The molecule has 0 bridgehead atoms. The molecule has 0 radical (unpaired) electrons. The van der Waals surface area contributed by atoms with E-state index in [2.05, 4.69) is 0 Å². The molecule has 1 atom stereocenters. The number of carbonyl (C=O) groups is 1. The van der Waals surface area contributed by atoms with Crippen molar-refractivity contribution in [1.82, 2.24) is 0 Å². The van der Waals surface area contributed by atoms with E-state index in [-0.39, 0.29) is 0 Å². The predicted molar refractivity (Wildman–Crippen MR) is 46.4 cm³/mol. The number of hydrogen-bond donors (Lipinski definition) is 1. The smallest absolute Gasteiger partial charge is 0.558 e. The Hall–Kier alpha value is -0.310. The first-order chi connectivity index (χ1) is 5.80. The zero-order valence-electron chi connectivity index (χ0n) is 6.93. The van der Waals surface area contributed by atoms with Crippen LogP contribution in [0.5, 0.6) is 0 Å². The van der Waals surface area contributed by atoms with Gasteiger partial charge in [0.25, 0.3) is 11.2 Å². The molecule has 1 saturated heterocycles. The molecule has 0 amide bonds. The Kier molecular flexibility index (Phi) is 5.30. The van der Waals surface area contributed by atoms with Gasteiger partial charge in [0.2, 0.25) is 0 Å². The second kappa shape index (κ2) is 5.43. The molecule has 0 spiro atoms. The quantitative estimate of drug-likeness (QED) is 0.455. The highest BCUT2D eigenvalue weighted by Crippen LogP contribution is 2.10. The molecule has 1 heterocycles. The maximum absolute atomic E-state index is 10.1. The molecular weight excluding hydrogens is 220 g/mol. The molecule has 1 fully saturated rings. The van der Waals surface area contributed by atoms with Gasteiger partial charge in [0.05, 0.1) is 10.1 Å². The van der Waals surface area contributed by atoms with Gasteiger partial charge in [-0.3, -0.25) is 0 Å². The Balaban J connectivity index is 0.000000252. The van der Waals surface area contributed by atoms with Gasteiger partial charge in [0, 0.05) is 12.7 Å². The van der Waals surface area contributed by atoms with Crippen LogP contribution in [0.15, 0.2) is 0 Å². The first-order valence-electron chi connectivity index (χ1n) is 3.28. The van der Waals surface area contributed by atoms with Gasteiger partial charge >= 0.3 is 5.30 Å². The van der Waals surface area contributed by atoms with Crippen molar-refractivity contribution in [3.63, 3.8) is 0 Å². The monoisotopic (exact) mass is 230 g/mol. The largest absolute Gasteiger partial charge is 0.748 e. The summed E-state index contributed by atoms with van der Waals surface area (Å²) in [7, 11) is -3.92. The van der Waals surface area contributed by atoms with Gasteiger partial charge in [-0.15, -0.1) is 0 Å². The number of rotatable bonds is 0. The standard InChI is InChI=1S/C4H6O3S.CH4O3S/c5-4(6)8-3-1-2-7-8;1-5(2,3)4/h1-3H2;1H3,(H,2,3,4). The fourth-order valence-corrected chi connectivity index (χ4v) is 1.64. The Morgan fingerprint density at radius 1 is 1.62 bits per heavy atom. The van der Waals surface area contributed by atoms with E-state index in [1.54, 1.807) is 0 Å². The van der Waals surface area contributed by atoms with E-state index in [4.69, 9.17) is 22.3 Å². The van der Waals surface area contributed by atoms with Crippen molar-refractivity contribution in [3.05, 3.63) is 0 Å². The summed E-state index contributed by atoms with van der Waals surface area (Å²) in [5, 5.41) is 7.50. The van der Waals surface area contributed by atoms with E-state index in [1.165, 1.54) is 0 Å². The van der Waals surface area contributed by atoms with Crippen LogP contribution >= 0.6 is 0 Å². The Labute approximate surface area is 79.2 Å². The average Bonchev–Trinajstić information content (AvgIpc) is 2.31. The molecule has 8 heteroatoms. The molecule has 78 valence electrons. The molecule has 13 heavy (non-hydrogen) atoms. The second-order valence-corrected chi connectivity index (χ2v) is 5.29. The van der Waals surface area contributed by atoms with Gasteiger partial charge in [-0.1, -0.05) is 0 Å². The molecule has 1 aliphatic rings. The molecular formula is C5H10O6S2. The van der Waals surface area contributed by atoms with E-state index in [1.807, 2.05) is 0 Å². The lowest BCUT2D eigenvalue weighted by molar-refractivity contribution is 0.218. The lowest BCUT2D eigenvalue weighted by atomic mass is 10.5. The highest BCUT2D eigenvalue weighted by Gasteiger charge is 2.36. The molecule has 0 aromatic carbocycles. The maximum atomic E-state index is 10.1. The summed E-state index contributed by atoms with van der Waals surface area (Å²) in [6, 6.07) is 0. The zero-order valence-corrected chi connectivity index (χ0v) is 8.56. The first kappa shape index (κ1) is 12.7. The van der Waals surface area contributed by atoms with Crippen LogP contribution in [0.1, 0.15) is 6.42 Å². The lowest BCUT2D eigenvalue weighted by Gasteiger charge is -1.90. The Bertz CT molecular complexity index is 244. The SMILES string of the molecule is CS(=O)(=O)[O-].O=C(O)[S+]1CCCO1. The minimum Gasteiger partial charge on any atom is -0.748 e. The van der Waals surface area contributed by atoms with E-state index in [0.29, 0.717) is 18.6 Å². The van der Waals surface area contributed by atoms with E-state index in [9.17, 15) is 4.79 Å². The Morgan fingerprint density at radius 2 is 2.08 bits per heavy atom. The highest BCUT2D eigenvalue weighted by molar-refractivity contribution is 8.06. The fourth-order valence-electron chi connectivity index (χ4n) is 0.546. The number of carboxylic acid groups (broad SMARTS) is 1. The van der Waals surface area contributed by atoms with E-state index in [0.717, 1.165) is 6.42 Å². The summed E-state index contributed by atoms with van der Waals surface area (Å²) < 4.78 is 32.1. The zero-order chi connectivity index (χ0) is 10.5. The van der Waals surface area contributed by atoms with Crippen LogP contribution in [0.2, 0.25) is 0 Å². The molecule has 1 rings (SSSR count). The van der Waals surface area contributed by atoms with Crippen molar-refractivity contribution in [3.8, 4) is 0 Å². The summed E-state index contributed by atoms with van der Waals surface area (Å²) in [6.45, 7) is 0.620. The summed E-state index contributed by atoms with van der Waals surface area (Å²) in [6.07, 6.45) is 1.50. The molecule has 0 aliphatic carbocycles. The summed E-state index contributed by atoms with van der Waals surface area (Å²) >= 11 is -0.762. The summed E-state index contributed by atoms with van der Waals surface area (Å²) in [4.78, 5) is 10.1. The molecule has 0 saturated carbocycles. The van der Waals surface area contributed by atoms with E-state index >= 15 is 0 Å². The molecule has 0 aromatic heterocycles. The highest BCUT2D eigenvalue weighted by atomic mass is 32.2. The van der Waals surface area contributed by atoms with Crippen LogP contribution in [-0.2, 0) is 25.5 Å². The molecule has 0 aromatic rings. The van der Waals surface area contributed by atoms with Crippen molar-refractivity contribution in [2.45, 2.75) is 6.42 Å². The molecule has 1 N–H and O–H groups in total. The van der Waals surface area contributed by atoms with Gasteiger partial charge in [0.1, 0.15) is 6.61 Å². The third-order valence-electron chi connectivity index (χ3n) is 0.894. The van der Waals surface area contributed by atoms with Crippen LogP contribution in [-0.4, -0.2) is 42.0 Å². The lowest BCUT2D eigenvalue weighted by Crippen LogP contribution is -2.12. The summed E-state index contributed by atoms with van der Waals surface area (Å²) in [5.74, 6) is 0.704. The van der Waals surface area contributed by atoms with Crippen molar-refractivity contribution >= 4 is 26.6 Å². The second-order valence-electron chi connectivity index (χ2n) is 2.20. The third kappa shape index (κ3) is 9.61. The van der Waals surface area contributed by atoms with Crippen LogP contribution in [0, 0.1) is 0 Å². The maximum Gasteiger partial charge on any atom is 0.558 e. The van der Waals surface area contributed by atoms with Crippen molar-refractivity contribution in [2.24, 2.45) is 0 Å². The topological polar surface area (TPSA) is 104 Å². The van der Waals surface area contributed by atoms with Gasteiger partial charge in [-0.25, -0.2) is 8.42 Å². The average molecular weight is 230 g/mol. The van der Waals surface area contributed by atoms with Crippen LogP contribution in [0.3, 0.4) is 0 Å². The van der Waals surface area contributed by atoms with Gasteiger partial charge < -0.3 is 9.66 Å². The fraction of sp³-hybridized carbons (Fsp3) is 0.800. The van der Waals surface area contributed by atoms with Crippen LogP contribution < -0.4 is 0 Å². The minimum absolute atomic E-state index is 0.604. The van der Waals surface area contributed by atoms with Crippen LogP contribution in [0.25, 0.3) is 0 Å². The van der Waals surface area contributed by atoms with Crippen molar-refractivity contribution in [1.29, 1.82) is 0 Å². The molecule has 1 unspecified atom stereocenters. The normalized spacial score (nSPS) is 21.8. The van der Waals surface area contributed by atoms with Crippen molar-refractivity contribution in [2.75, 3.05) is 18.6 Å². The minimum atomic E-state index is -3.92.